The van der Waals surface area contributed by atoms with Crippen molar-refractivity contribution in [1.29, 1.82) is 0 Å². The average Bonchev–Trinajstić information content (AvgIpc) is 3.31. The number of aromatic nitrogens is 2. The minimum Gasteiger partial charge on any atom is -0.473 e. The molecule has 1 aliphatic carbocycles. The monoisotopic (exact) mass is 324 g/mol. The van der Waals surface area contributed by atoms with Gasteiger partial charge in [-0.05, 0) is 31.9 Å². The topological polar surface area (TPSA) is 48.2 Å². The van der Waals surface area contributed by atoms with Gasteiger partial charge >= 0.3 is 0 Å². The number of hydrogen-bond acceptors (Lipinski definition) is 4. The molecule has 1 aliphatic rings. The van der Waals surface area contributed by atoms with Crippen LogP contribution in [0.5, 0.6) is 5.88 Å². The summed E-state index contributed by atoms with van der Waals surface area (Å²) in [6, 6.07) is 10.5. The van der Waals surface area contributed by atoms with Crippen molar-refractivity contribution in [3.8, 4) is 17.2 Å². The van der Waals surface area contributed by atoms with Crippen LogP contribution in [0.4, 0.5) is 4.39 Å². The van der Waals surface area contributed by atoms with Gasteiger partial charge in [0.1, 0.15) is 12.4 Å². The van der Waals surface area contributed by atoms with Gasteiger partial charge in [-0.15, -0.1) is 0 Å². The summed E-state index contributed by atoms with van der Waals surface area (Å²) in [6.07, 6.45) is 3.91. The number of ether oxygens (including phenoxy) is 1. The molecule has 122 valence electrons. The van der Waals surface area contributed by atoms with Crippen LogP contribution in [0.3, 0.4) is 0 Å². The molecule has 0 bridgehead atoms. The molecular formula is C19H17FN2O2. The van der Waals surface area contributed by atoms with Crippen molar-refractivity contribution < 1.29 is 13.5 Å². The predicted octanol–water partition coefficient (Wildman–Crippen LogP) is 4.64. The van der Waals surface area contributed by atoms with Crippen molar-refractivity contribution in [1.82, 2.24) is 9.97 Å². The van der Waals surface area contributed by atoms with Crippen LogP contribution in [0.2, 0.25) is 0 Å². The van der Waals surface area contributed by atoms with E-state index in [0.29, 0.717) is 28.7 Å². The fraction of sp³-hybridized carbons (Fsp3) is 0.263. The molecule has 5 heteroatoms. The molecule has 4 rings (SSSR count). The zero-order chi connectivity index (χ0) is 16.5. The van der Waals surface area contributed by atoms with Gasteiger partial charge in [-0.2, -0.15) is 0 Å². The van der Waals surface area contributed by atoms with Crippen molar-refractivity contribution in [2.45, 2.75) is 32.3 Å². The first-order valence-electron chi connectivity index (χ1n) is 8.00. The van der Waals surface area contributed by atoms with Crippen molar-refractivity contribution >= 4 is 0 Å². The Morgan fingerprint density at radius 1 is 1.25 bits per heavy atom. The van der Waals surface area contributed by atoms with Gasteiger partial charge < -0.3 is 9.15 Å². The number of rotatable bonds is 5. The molecule has 0 atom stereocenters. The zero-order valence-electron chi connectivity index (χ0n) is 13.3. The molecule has 0 unspecified atom stereocenters. The molecule has 1 fully saturated rings. The molecule has 3 aromatic rings. The summed E-state index contributed by atoms with van der Waals surface area (Å²) in [4.78, 5) is 8.51. The van der Waals surface area contributed by atoms with E-state index < -0.39 is 0 Å². The van der Waals surface area contributed by atoms with Gasteiger partial charge in [0.05, 0.1) is 6.20 Å². The second kappa shape index (κ2) is 6.07. The normalized spacial score (nSPS) is 13.9. The van der Waals surface area contributed by atoms with Gasteiger partial charge in [-0.1, -0.05) is 18.2 Å². The van der Waals surface area contributed by atoms with Crippen molar-refractivity contribution in [3.63, 3.8) is 0 Å². The SMILES string of the molecule is Cc1cccc(OCc2ccc(-c3cnc(C4CC4)o3)cc2F)n1. The van der Waals surface area contributed by atoms with E-state index in [2.05, 4.69) is 9.97 Å². The Labute approximate surface area is 139 Å². The Kier molecular flexibility index (Phi) is 3.76. The Balaban J connectivity index is 1.48. The highest BCUT2D eigenvalue weighted by Gasteiger charge is 2.28. The quantitative estimate of drug-likeness (QED) is 0.686. The Morgan fingerprint density at radius 3 is 2.88 bits per heavy atom. The Hall–Kier alpha value is -2.69. The first-order chi connectivity index (χ1) is 11.7. The van der Waals surface area contributed by atoms with Gasteiger partial charge in [0.25, 0.3) is 0 Å². The van der Waals surface area contributed by atoms with Gasteiger partial charge in [0, 0.05) is 28.8 Å². The maximum atomic E-state index is 14.3. The Morgan fingerprint density at radius 2 is 2.12 bits per heavy atom. The highest BCUT2D eigenvalue weighted by atomic mass is 19.1. The van der Waals surface area contributed by atoms with Crippen molar-refractivity contribution in [3.05, 3.63) is 65.6 Å². The van der Waals surface area contributed by atoms with E-state index in [4.69, 9.17) is 9.15 Å². The first kappa shape index (κ1) is 14.9. The fourth-order valence-electron chi connectivity index (χ4n) is 2.51. The van der Waals surface area contributed by atoms with E-state index in [0.717, 1.165) is 24.4 Å². The molecule has 0 amide bonds. The third-order valence-corrected chi connectivity index (χ3v) is 4.03. The third-order valence-electron chi connectivity index (χ3n) is 4.03. The van der Waals surface area contributed by atoms with Gasteiger partial charge in [0.2, 0.25) is 5.88 Å². The summed E-state index contributed by atoms with van der Waals surface area (Å²) in [5.74, 6) is 1.96. The molecule has 2 heterocycles. The maximum absolute atomic E-state index is 14.3. The fourth-order valence-corrected chi connectivity index (χ4v) is 2.51. The Bertz CT molecular complexity index is 871. The lowest BCUT2D eigenvalue weighted by atomic mass is 10.1. The summed E-state index contributed by atoms with van der Waals surface area (Å²) in [5, 5.41) is 0. The molecular weight excluding hydrogens is 307 g/mol. The number of benzene rings is 1. The van der Waals surface area contributed by atoms with Gasteiger partial charge in [-0.3, -0.25) is 0 Å². The lowest BCUT2D eigenvalue weighted by Crippen LogP contribution is -2.00. The molecule has 0 saturated heterocycles. The smallest absolute Gasteiger partial charge is 0.213 e. The van der Waals surface area contributed by atoms with Crippen LogP contribution in [0.25, 0.3) is 11.3 Å². The highest BCUT2D eigenvalue weighted by Crippen LogP contribution is 2.40. The van der Waals surface area contributed by atoms with Crippen LogP contribution in [0.1, 0.15) is 35.9 Å². The van der Waals surface area contributed by atoms with Crippen LogP contribution in [-0.4, -0.2) is 9.97 Å². The molecule has 0 aliphatic heterocycles. The van der Waals surface area contributed by atoms with Crippen LogP contribution >= 0.6 is 0 Å². The van der Waals surface area contributed by atoms with E-state index in [1.54, 1.807) is 18.3 Å². The molecule has 0 radical (unpaired) electrons. The molecule has 24 heavy (non-hydrogen) atoms. The molecule has 1 aromatic carbocycles. The van der Waals surface area contributed by atoms with E-state index in [9.17, 15) is 4.39 Å². The minimum atomic E-state index is -0.329. The van der Waals surface area contributed by atoms with E-state index in [1.807, 2.05) is 25.1 Å². The molecule has 0 spiro atoms. The van der Waals surface area contributed by atoms with E-state index in [1.165, 1.54) is 6.07 Å². The first-order valence-corrected chi connectivity index (χ1v) is 8.00. The summed E-state index contributed by atoms with van der Waals surface area (Å²) in [5.41, 5.74) is 2.02. The van der Waals surface area contributed by atoms with E-state index >= 15 is 0 Å². The van der Waals surface area contributed by atoms with Gasteiger partial charge in [-0.25, -0.2) is 14.4 Å². The summed E-state index contributed by atoms with van der Waals surface area (Å²) in [6.45, 7) is 2.02. The lowest BCUT2D eigenvalue weighted by molar-refractivity contribution is 0.287. The predicted molar refractivity (Wildman–Crippen MR) is 87.2 cm³/mol. The number of nitrogens with zero attached hydrogens (tertiary/aromatic N) is 2. The number of aryl methyl sites for hydroxylation is 1. The van der Waals surface area contributed by atoms with Crippen LogP contribution in [-0.2, 0) is 6.61 Å². The molecule has 0 N–H and O–H groups in total. The van der Waals surface area contributed by atoms with Crippen LogP contribution in [0.15, 0.2) is 47.0 Å². The number of pyridine rings is 1. The second-order valence-corrected chi connectivity index (χ2v) is 6.05. The zero-order valence-corrected chi connectivity index (χ0v) is 13.3. The summed E-state index contributed by atoms with van der Waals surface area (Å²) in [7, 11) is 0. The standard InChI is InChI=1S/C19H17FN2O2/c1-12-3-2-4-18(22-12)23-11-15-8-7-14(9-16(15)20)17-10-21-19(24-17)13-5-6-13/h2-4,7-10,13H,5-6,11H2,1H3. The largest absolute Gasteiger partial charge is 0.473 e. The number of oxazole rings is 1. The van der Waals surface area contributed by atoms with Crippen molar-refractivity contribution in [2.75, 3.05) is 0 Å². The summed E-state index contributed by atoms with van der Waals surface area (Å²) < 4.78 is 25.6. The summed E-state index contributed by atoms with van der Waals surface area (Å²) >= 11 is 0. The third kappa shape index (κ3) is 3.15. The average molecular weight is 324 g/mol. The number of hydrogen-bond donors (Lipinski definition) is 0. The van der Waals surface area contributed by atoms with Gasteiger partial charge in [0.15, 0.2) is 11.7 Å². The van der Waals surface area contributed by atoms with Crippen LogP contribution in [0, 0.1) is 12.7 Å². The van der Waals surface area contributed by atoms with Crippen LogP contribution < -0.4 is 4.74 Å². The minimum absolute atomic E-state index is 0.131. The molecule has 2 aromatic heterocycles. The van der Waals surface area contributed by atoms with E-state index in [-0.39, 0.29) is 12.4 Å². The maximum Gasteiger partial charge on any atom is 0.213 e. The second-order valence-electron chi connectivity index (χ2n) is 6.05. The number of halogens is 1. The van der Waals surface area contributed by atoms with Crippen molar-refractivity contribution in [2.24, 2.45) is 0 Å². The molecule has 4 nitrogen and oxygen atoms in total. The highest BCUT2D eigenvalue weighted by molar-refractivity contribution is 5.57. The lowest BCUT2D eigenvalue weighted by Gasteiger charge is -2.07. The molecule has 1 saturated carbocycles.